The van der Waals surface area contributed by atoms with Gasteiger partial charge in [0, 0.05) is 46.6 Å². The molecule has 4 aromatic rings. The first-order chi connectivity index (χ1) is 18.3. The van der Waals surface area contributed by atoms with Crippen LogP contribution in [0.4, 0.5) is 19.1 Å². The summed E-state index contributed by atoms with van der Waals surface area (Å²) in [5.74, 6) is 1.47. The van der Waals surface area contributed by atoms with Crippen LogP contribution in [0.3, 0.4) is 0 Å². The van der Waals surface area contributed by atoms with E-state index in [0.717, 1.165) is 22.1 Å². The zero-order chi connectivity index (χ0) is 26.7. The molecule has 0 saturated heterocycles. The van der Waals surface area contributed by atoms with E-state index in [-0.39, 0.29) is 12.0 Å². The highest BCUT2D eigenvalue weighted by atomic mass is 32.2. The molecule has 0 saturated carbocycles. The standard InChI is InChI=1S/C28H25F3N4O2S/c1-17(2)37-26-9-4-18(16-34-26)24-14-19(28(29,30)31)5-7-21(24)22-10-13-36-25-15-20(6-8-23(22)25)38-35-27-32-11-3-12-33-27/h3-9,11-12,14-17,22H,10,13H2,1-2H3,(H,32,33,35)/t22-/m1/s1. The predicted molar refractivity (Wildman–Crippen MR) is 140 cm³/mol. The van der Waals surface area contributed by atoms with Gasteiger partial charge in [-0.05, 0) is 79.7 Å². The lowest BCUT2D eigenvalue weighted by Crippen LogP contribution is -2.16. The normalized spacial score (nSPS) is 15.1. The SMILES string of the molecule is CC(C)Oc1ccc(-c2cc(C(F)(F)F)ccc2[C@H]2CCOc3cc(SNc4ncccn4)ccc32)cn1. The molecule has 1 N–H and O–H groups in total. The number of hydrogen-bond donors (Lipinski definition) is 1. The Morgan fingerprint density at radius 3 is 2.50 bits per heavy atom. The summed E-state index contributed by atoms with van der Waals surface area (Å²) >= 11 is 1.35. The van der Waals surface area contributed by atoms with Gasteiger partial charge in [-0.3, -0.25) is 4.72 Å². The topological polar surface area (TPSA) is 69.2 Å². The van der Waals surface area contributed by atoms with Gasteiger partial charge in [0.25, 0.3) is 0 Å². The number of ether oxygens (including phenoxy) is 2. The molecule has 0 radical (unpaired) electrons. The van der Waals surface area contributed by atoms with Crippen molar-refractivity contribution in [3.05, 3.63) is 89.9 Å². The van der Waals surface area contributed by atoms with Crippen LogP contribution in [-0.2, 0) is 6.18 Å². The second kappa shape index (κ2) is 10.9. The van der Waals surface area contributed by atoms with Crippen molar-refractivity contribution in [1.82, 2.24) is 15.0 Å². The maximum Gasteiger partial charge on any atom is 0.416 e. The Labute approximate surface area is 222 Å². The van der Waals surface area contributed by atoms with E-state index in [2.05, 4.69) is 19.7 Å². The Hall–Kier alpha value is -3.79. The van der Waals surface area contributed by atoms with E-state index in [4.69, 9.17) is 9.47 Å². The number of nitrogens with one attached hydrogen (secondary N) is 1. The zero-order valence-electron chi connectivity index (χ0n) is 20.7. The molecule has 1 aliphatic heterocycles. The quantitative estimate of drug-likeness (QED) is 0.246. The molecule has 0 spiro atoms. The number of fused-ring (bicyclic) bond motifs is 1. The third-order valence-corrected chi connectivity index (χ3v) is 6.78. The maximum absolute atomic E-state index is 13.7. The molecule has 196 valence electrons. The summed E-state index contributed by atoms with van der Waals surface area (Å²) in [5, 5.41) is 0. The number of aromatic nitrogens is 3. The highest BCUT2D eigenvalue weighted by Crippen LogP contribution is 2.44. The molecular weight excluding hydrogens is 513 g/mol. The summed E-state index contributed by atoms with van der Waals surface area (Å²) in [6.45, 7) is 4.22. The smallest absolute Gasteiger partial charge is 0.416 e. The van der Waals surface area contributed by atoms with Crippen molar-refractivity contribution in [2.45, 2.75) is 43.4 Å². The fourth-order valence-electron chi connectivity index (χ4n) is 4.35. The minimum absolute atomic E-state index is 0.0605. The van der Waals surface area contributed by atoms with Crippen LogP contribution in [0.2, 0.25) is 0 Å². The van der Waals surface area contributed by atoms with Crippen LogP contribution < -0.4 is 14.2 Å². The third kappa shape index (κ3) is 5.85. The van der Waals surface area contributed by atoms with E-state index in [1.165, 1.54) is 18.0 Å². The number of alkyl halides is 3. The summed E-state index contributed by atoms with van der Waals surface area (Å²) in [7, 11) is 0. The third-order valence-electron chi connectivity index (χ3n) is 6.01. The van der Waals surface area contributed by atoms with Gasteiger partial charge >= 0.3 is 6.18 Å². The van der Waals surface area contributed by atoms with Crippen molar-refractivity contribution in [1.29, 1.82) is 0 Å². The number of hydrogen-bond acceptors (Lipinski definition) is 7. The lowest BCUT2D eigenvalue weighted by molar-refractivity contribution is -0.137. The van der Waals surface area contributed by atoms with Crippen LogP contribution in [0.15, 0.2) is 78.1 Å². The van der Waals surface area contributed by atoms with Crippen LogP contribution in [0.5, 0.6) is 11.6 Å². The van der Waals surface area contributed by atoms with Crippen LogP contribution in [0, 0.1) is 0 Å². The molecule has 3 heterocycles. The molecule has 0 amide bonds. The molecule has 38 heavy (non-hydrogen) atoms. The molecule has 1 aliphatic rings. The van der Waals surface area contributed by atoms with Crippen LogP contribution in [-0.4, -0.2) is 27.7 Å². The summed E-state index contributed by atoms with van der Waals surface area (Å²) in [4.78, 5) is 13.5. The lowest BCUT2D eigenvalue weighted by atomic mass is 9.82. The van der Waals surface area contributed by atoms with Gasteiger partial charge in [-0.2, -0.15) is 13.2 Å². The molecule has 0 bridgehead atoms. The first-order valence-electron chi connectivity index (χ1n) is 12.1. The first-order valence-corrected chi connectivity index (χ1v) is 12.9. The average molecular weight is 539 g/mol. The lowest BCUT2D eigenvalue weighted by Gasteiger charge is -2.29. The van der Waals surface area contributed by atoms with Gasteiger partial charge in [0.2, 0.25) is 11.8 Å². The first kappa shape index (κ1) is 25.8. The van der Waals surface area contributed by atoms with Gasteiger partial charge in [0.15, 0.2) is 0 Å². The fraction of sp³-hybridized carbons (Fsp3) is 0.250. The Morgan fingerprint density at radius 2 is 1.79 bits per heavy atom. The second-order valence-corrected chi connectivity index (χ2v) is 9.90. The van der Waals surface area contributed by atoms with Crippen LogP contribution in [0.1, 0.15) is 42.9 Å². The van der Waals surface area contributed by atoms with Crippen molar-refractivity contribution >= 4 is 17.9 Å². The summed E-state index contributed by atoms with van der Waals surface area (Å²) in [5.41, 5.74) is 2.09. The van der Waals surface area contributed by atoms with Gasteiger partial charge in [0.1, 0.15) is 5.75 Å². The summed E-state index contributed by atoms with van der Waals surface area (Å²) < 4.78 is 55.7. The van der Waals surface area contributed by atoms with E-state index in [0.29, 0.717) is 41.7 Å². The van der Waals surface area contributed by atoms with E-state index >= 15 is 0 Å². The van der Waals surface area contributed by atoms with Gasteiger partial charge in [-0.25, -0.2) is 15.0 Å². The number of anilines is 1. The monoisotopic (exact) mass is 538 g/mol. The van der Waals surface area contributed by atoms with Crippen LogP contribution >= 0.6 is 11.9 Å². The van der Waals surface area contributed by atoms with Gasteiger partial charge < -0.3 is 9.47 Å². The van der Waals surface area contributed by atoms with Crippen molar-refractivity contribution in [2.75, 3.05) is 11.3 Å². The van der Waals surface area contributed by atoms with E-state index in [9.17, 15) is 13.2 Å². The Balaban J connectivity index is 1.49. The van der Waals surface area contributed by atoms with E-state index in [1.54, 1.807) is 42.9 Å². The van der Waals surface area contributed by atoms with Crippen molar-refractivity contribution in [3.63, 3.8) is 0 Å². The highest BCUT2D eigenvalue weighted by Gasteiger charge is 2.33. The Kier molecular flexibility index (Phi) is 7.42. The van der Waals surface area contributed by atoms with Gasteiger partial charge in [0.05, 0.1) is 18.3 Å². The van der Waals surface area contributed by atoms with Crippen LogP contribution in [0.25, 0.3) is 11.1 Å². The number of nitrogens with zero attached hydrogens (tertiary/aromatic N) is 3. The molecule has 10 heteroatoms. The van der Waals surface area contributed by atoms with Crippen molar-refractivity contribution < 1.29 is 22.6 Å². The van der Waals surface area contributed by atoms with Crippen molar-refractivity contribution in [2.24, 2.45) is 0 Å². The van der Waals surface area contributed by atoms with E-state index < -0.39 is 11.7 Å². The molecule has 1 atom stereocenters. The predicted octanol–water partition coefficient (Wildman–Crippen LogP) is 7.38. The molecule has 5 rings (SSSR count). The van der Waals surface area contributed by atoms with Crippen molar-refractivity contribution in [3.8, 4) is 22.8 Å². The number of benzene rings is 2. The molecule has 2 aromatic heterocycles. The minimum atomic E-state index is -4.46. The molecule has 0 aliphatic carbocycles. The molecular formula is C28H25F3N4O2S. The molecule has 0 fully saturated rings. The van der Waals surface area contributed by atoms with Gasteiger partial charge in [-0.15, -0.1) is 0 Å². The number of halogens is 3. The molecule has 0 unspecified atom stereocenters. The Morgan fingerprint density at radius 1 is 1.00 bits per heavy atom. The highest BCUT2D eigenvalue weighted by molar-refractivity contribution is 8.00. The minimum Gasteiger partial charge on any atom is -0.493 e. The fourth-order valence-corrected chi connectivity index (χ4v) is 4.97. The largest absolute Gasteiger partial charge is 0.493 e. The summed E-state index contributed by atoms with van der Waals surface area (Å²) in [6.07, 6.45) is 0.979. The average Bonchev–Trinajstić information content (AvgIpc) is 2.91. The molecule has 6 nitrogen and oxygen atoms in total. The summed E-state index contributed by atoms with van der Waals surface area (Å²) in [6, 6.07) is 14.9. The second-order valence-electron chi connectivity index (χ2n) is 9.02. The zero-order valence-corrected chi connectivity index (χ0v) is 21.5. The van der Waals surface area contributed by atoms with Gasteiger partial charge in [-0.1, -0.05) is 12.1 Å². The Bertz CT molecular complexity index is 1400. The molecule has 2 aromatic carbocycles. The maximum atomic E-state index is 13.7. The van der Waals surface area contributed by atoms with E-state index in [1.807, 2.05) is 32.0 Å². The number of pyridine rings is 1. The number of rotatable bonds is 7.